The molecule has 0 bridgehead atoms. The zero-order valence-electron chi connectivity index (χ0n) is 32.0. The van der Waals surface area contributed by atoms with Crippen molar-refractivity contribution in [1.82, 2.24) is 10.6 Å². The molecular weight excluding hydrogens is 909 g/mol. The largest absolute Gasteiger partial charge is 0.466 e. The molecule has 0 spiro atoms. The fourth-order valence-electron chi connectivity index (χ4n) is 7.52. The van der Waals surface area contributed by atoms with E-state index < -0.39 is 41.0 Å². The SMILES string of the molecule is CC(=O)C1=C(C)NC(C2CC2)=C(C(=O)OC(C)C)C1c1csc2c(Br)cccc12.COC(=O)C1=C(C(F)(F)F)NC(C)=C(C(C)=O)C1c1csc2c(Br)cccc12. The number of Topliss-reactive ketones (excluding diaryl/α,β-unsaturated/α-hetero) is 2. The molecular formula is C42H39Br2F3N2O6S2. The van der Waals surface area contributed by atoms with Gasteiger partial charge in [-0.05, 0) is 137 Å². The van der Waals surface area contributed by atoms with Crippen LogP contribution in [0.1, 0.15) is 77.3 Å². The van der Waals surface area contributed by atoms with Gasteiger partial charge in [-0.1, -0.05) is 24.3 Å². The van der Waals surface area contributed by atoms with Crippen molar-refractivity contribution in [3.05, 3.63) is 112 Å². The number of alkyl halides is 3. The molecule has 2 aromatic carbocycles. The first-order valence-electron chi connectivity index (χ1n) is 18.0. The lowest BCUT2D eigenvalue weighted by atomic mass is 9.78. The van der Waals surface area contributed by atoms with E-state index in [0.717, 1.165) is 60.6 Å². The number of esters is 2. The summed E-state index contributed by atoms with van der Waals surface area (Å²) >= 11 is 10.0. The molecule has 2 N–H and O–H groups in total. The van der Waals surface area contributed by atoms with Crippen LogP contribution in [0.25, 0.3) is 20.2 Å². The fourth-order valence-corrected chi connectivity index (χ4v) is 10.8. The maximum absolute atomic E-state index is 13.7. The summed E-state index contributed by atoms with van der Waals surface area (Å²) in [6, 6.07) is 11.4. The van der Waals surface area contributed by atoms with E-state index in [0.29, 0.717) is 28.0 Å². The Balaban J connectivity index is 0.000000193. The molecule has 8 nitrogen and oxygen atoms in total. The zero-order valence-corrected chi connectivity index (χ0v) is 36.8. The number of nitrogens with one attached hydrogen (secondary N) is 2. The Labute approximate surface area is 352 Å². The molecule has 3 aliphatic rings. The molecule has 2 atom stereocenters. The predicted molar refractivity (Wildman–Crippen MR) is 224 cm³/mol. The van der Waals surface area contributed by atoms with Gasteiger partial charge in [0, 0.05) is 58.4 Å². The first kappa shape index (κ1) is 42.6. The normalized spacial score (nSPS) is 18.8. The number of methoxy groups -OCH3 is 1. The summed E-state index contributed by atoms with van der Waals surface area (Å²) in [5.41, 5.74) is 2.78. The van der Waals surface area contributed by atoms with Gasteiger partial charge in [-0.2, -0.15) is 13.2 Å². The Morgan fingerprint density at radius 3 is 1.65 bits per heavy atom. The zero-order chi connectivity index (χ0) is 41.7. The minimum absolute atomic E-state index is 0.0287. The van der Waals surface area contributed by atoms with Gasteiger partial charge in [0.2, 0.25) is 0 Å². The van der Waals surface area contributed by atoms with Crippen LogP contribution in [-0.2, 0) is 28.7 Å². The lowest BCUT2D eigenvalue weighted by Crippen LogP contribution is -2.37. The van der Waals surface area contributed by atoms with Gasteiger partial charge in [-0.15, -0.1) is 22.7 Å². The van der Waals surface area contributed by atoms with E-state index in [2.05, 4.69) is 58.7 Å². The van der Waals surface area contributed by atoms with Crippen molar-refractivity contribution in [3.8, 4) is 0 Å². The number of fused-ring (bicyclic) bond motifs is 2. The Hall–Kier alpha value is -4.05. The third kappa shape index (κ3) is 8.30. The molecule has 7 rings (SSSR count). The van der Waals surface area contributed by atoms with Crippen molar-refractivity contribution >= 4 is 98.2 Å². The number of ketones is 2. The van der Waals surface area contributed by atoms with E-state index in [-0.39, 0.29) is 29.1 Å². The van der Waals surface area contributed by atoms with Crippen molar-refractivity contribution in [3.63, 3.8) is 0 Å². The Morgan fingerprint density at radius 1 is 0.754 bits per heavy atom. The third-order valence-corrected chi connectivity index (χ3v) is 13.9. The number of allylic oxidation sites excluding steroid dienone is 6. The smallest absolute Gasteiger partial charge is 0.431 e. The van der Waals surface area contributed by atoms with Crippen LogP contribution >= 0.6 is 54.5 Å². The third-order valence-electron chi connectivity index (χ3n) is 9.94. The van der Waals surface area contributed by atoms with Crippen molar-refractivity contribution in [2.24, 2.45) is 5.92 Å². The van der Waals surface area contributed by atoms with Gasteiger partial charge in [-0.25, -0.2) is 9.59 Å². The highest BCUT2D eigenvalue weighted by Gasteiger charge is 2.47. The van der Waals surface area contributed by atoms with Crippen LogP contribution in [0.5, 0.6) is 0 Å². The number of rotatable bonds is 8. The molecule has 4 heterocycles. The molecule has 0 amide bonds. The summed E-state index contributed by atoms with van der Waals surface area (Å²) < 4.78 is 55.3. The Morgan fingerprint density at radius 2 is 1.23 bits per heavy atom. The quantitative estimate of drug-likeness (QED) is 0.168. The van der Waals surface area contributed by atoms with E-state index in [1.165, 1.54) is 25.2 Å². The van der Waals surface area contributed by atoms with Crippen LogP contribution in [0.4, 0.5) is 13.2 Å². The number of carbonyl (C=O) groups excluding carboxylic acids is 4. The molecule has 1 saturated carbocycles. The summed E-state index contributed by atoms with van der Waals surface area (Å²) in [5, 5.41) is 11.1. The average Bonchev–Trinajstić information content (AvgIpc) is 3.74. The second-order valence-electron chi connectivity index (χ2n) is 14.3. The Kier molecular flexibility index (Phi) is 12.4. The first-order valence-corrected chi connectivity index (χ1v) is 21.3. The molecule has 57 heavy (non-hydrogen) atoms. The van der Waals surface area contributed by atoms with Gasteiger partial charge >= 0.3 is 18.1 Å². The number of hydrogen-bond acceptors (Lipinski definition) is 10. The van der Waals surface area contributed by atoms with E-state index in [1.54, 1.807) is 35.8 Å². The molecule has 4 aromatic rings. The van der Waals surface area contributed by atoms with Crippen LogP contribution in [0.2, 0.25) is 0 Å². The van der Waals surface area contributed by atoms with Gasteiger partial charge < -0.3 is 20.1 Å². The first-order chi connectivity index (χ1) is 26.9. The molecule has 1 fully saturated rings. The van der Waals surface area contributed by atoms with E-state index >= 15 is 0 Å². The number of benzene rings is 2. The highest BCUT2D eigenvalue weighted by atomic mass is 79.9. The van der Waals surface area contributed by atoms with E-state index in [4.69, 9.17) is 4.74 Å². The van der Waals surface area contributed by atoms with Crippen LogP contribution in [0, 0.1) is 5.92 Å². The van der Waals surface area contributed by atoms with E-state index in [1.807, 2.05) is 39.0 Å². The monoisotopic (exact) mass is 946 g/mol. The number of halogens is 5. The lowest BCUT2D eigenvalue weighted by Gasteiger charge is -2.32. The topological polar surface area (TPSA) is 111 Å². The standard InChI is InChI=1S/C23H24BrNO3S.C19H15BrF3NO3S/c1-11(2)28-23(27)20-19(16-10-29-22-15(16)6-5-7-17(22)24)18(13(4)26)12(3)25-21(20)14-8-9-14;1-8-13(9(2)25)14(11-7-28-16-10(11)5-4-6-12(16)20)15(18(26)27-3)17(24-8)19(21,22)23/h5-7,10-11,14,19,25H,8-9H2,1-4H3;4-7,14,24H,1-3H3. The summed E-state index contributed by atoms with van der Waals surface area (Å²) in [6.07, 6.45) is -2.95. The summed E-state index contributed by atoms with van der Waals surface area (Å²) in [5.74, 6) is -3.20. The maximum Gasteiger partial charge on any atom is 0.431 e. The van der Waals surface area contributed by atoms with Gasteiger partial charge in [0.1, 0.15) is 5.70 Å². The molecule has 300 valence electrons. The number of hydrogen-bond donors (Lipinski definition) is 2. The highest BCUT2D eigenvalue weighted by molar-refractivity contribution is 9.11. The average molecular weight is 949 g/mol. The number of carbonyl (C=O) groups is 4. The van der Waals surface area contributed by atoms with Gasteiger partial charge in [-0.3, -0.25) is 9.59 Å². The molecule has 0 saturated heterocycles. The van der Waals surface area contributed by atoms with Crippen molar-refractivity contribution in [2.45, 2.75) is 78.5 Å². The molecule has 15 heteroatoms. The van der Waals surface area contributed by atoms with Gasteiger partial charge in [0.05, 0.1) is 24.4 Å². The van der Waals surface area contributed by atoms with Crippen LogP contribution < -0.4 is 10.6 Å². The van der Waals surface area contributed by atoms with Crippen LogP contribution in [0.3, 0.4) is 0 Å². The van der Waals surface area contributed by atoms with Crippen molar-refractivity contribution < 1.29 is 41.8 Å². The molecule has 0 radical (unpaired) electrons. The molecule has 2 aromatic heterocycles. The van der Waals surface area contributed by atoms with Crippen molar-refractivity contribution in [2.75, 3.05) is 7.11 Å². The van der Waals surface area contributed by atoms with E-state index in [9.17, 15) is 32.3 Å². The minimum Gasteiger partial charge on any atom is -0.466 e. The summed E-state index contributed by atoms with van der Waals surface area (Å²) in [4.78, 5) is 50.8. The maximum atomic E-state index is 13.7. The second-order valence-corrected chi connectivity index (χ2v) is 17.7. The lowest BCUT2D eigenvalue weighted by molar-refractivity contribution is -0.143. The van der Waals surface area contributed by atoms with Crippen LogP contribution in [-0.4, -0.2) is 42.9 Å². The number of thiophene rings is 2. The van der Waals surface area contributed by atoms with Gasteiger partial charge in [0.15, 0.2) is 11.6 Å². The van der Waals surface area contributed by atoms with Crippen LogP contribution in [0.15, 0.2) is 101 Å². The molecule has 1 aliphatic carbocycles. The van der Waals surface area contributed by atoms with Crippen molar-refractivity contribution in [1.29, 1.82) is 0 Å². The predicted octanol–water partition coefficient (Wildman–Crippen LogP) is 11.0. The molecule has 2 unspecified atom stereocenters. The summed E-state index contributed by atoms with van der Waals surface area (Å²) in [7, 11) is 1.02. The number of ether oxygens (including phenoxy) is 2. The second kappa shape index (κ2) is 16.7. The van der Waals surface area contributed by atoms with Gasteiger partial charge in [0.25, 0.3) is 0 Å². The minimum atomic E-state index is -4.82. The summed E-state index contributed by atoms with van der Waals surface area (Å²) in [6.45, 7) is 9.88. The highest BCUT2D eigenvalue weighted by Crippen LogP contribution is 2.50. The molecule has 2 aliphatic heterocycles. The fraction of sp³-hybridized carbons (Fsp3) is 0.333. The number of dihydropyridines is 2. The Bertz CT molecular complexity index is 2470.